The number of rotatable bonds is 5. The van der Waals surface area contributed by atoms with Crippen LogP contribution in [0.4, 0.5) is 11.4 Å². The van der Waals surface area contributed by atoms with Crippen molar-refractivity contribution < 1.29 is 0 Å². The fourth-order valence-electron chi connectivity index (χ4n) is 12.1. The number of hydrogen-bond donors (Lipinski definition) is 0. The number of fused-ring (bicyclic) bond motifs is 12. The van der Waals surface area contributed by atoms with Gasteiger partial charge in [0.1, 0.15) is 0 Å². The molecule has 8 aromatic rings. The maximum atomic E-state index is 2.59. The fraction of sp³-hybridized carbons (Fsp3) is 0.212. The highest BCUT2D eigenvalue weighted by Crippen LogP contribution is 2.64. The van der Waals surface area contributed by atoms with E-state index in [1.165, 1.54) is 110 Å². The predicted molar refractivity (Wildman–Crippen MR) is 288 cm³/mol. The second-order valence-electron chi connectivity index (χ2n) is 22.1. The average molecular weight is 898 g/mol. The maximum Gasteiger partial charge on any atom is 0.0736 e. The molecule has 0 fully saturated rings. The molecule has 2 heteroatoms. The van der Waals surface area contributed by atoms with Crippen LogP contribution >= 0.6 is 11.8 Å². The Labute approximate surface area is 408 Å². The number of benzene rings is 8. The molecule has 0 saturated carbocycles. The SMILES string of the molecule is CC(C)(C)c1ccc2c(c1)C1(c3cc(C(C)(C)C)ccc3S2)c2ccccc2-c2ccc(N(C3=CCC4C(=C3)C(C)(C)c3ccccc34)c3ccccc3-c3ccc(-c4ccccc4)cc3)cc21. The van der Waals surface area contributed by atoms with E-state index in [1.54, 1.807) is 0 Å². The highest BCUT2D eigenvalue weighted by atomic mass is 32.2. The van der Waals surface area contributed by atoms with Crippen molar-refractivity contribution >= 4 is 23.1 Å². The third kappa shape index (κ3) is 6.51. The first-order valence-corrected chi connectivity index (χ1v) is 25.3. The Balaban J connectivity index is 1.12. The molecule has 1 spiro atoms. The normalized spacial score (nSPS) is 17.0. The quantitative estimate of drug-likeness (QED) is 0.169. The molecule has 12 rings (SSSR count). The lowest BCUT2D eigenvalue weighted by Crippen LogP contribution is -2.33. The Hall–Kier alpha value is -6.61. The first kappa shape index (κ1) is 42.7. The summed E-state index contributed by atoms with van der Waals surface area (Å²) in [6.07, 6.45) is 6.02. The summed E-state index contributed by atoms with van der Waals surface area (Å²) in [4.78, 5) is 5.25. The minimum atomic E-state index is -0.543. The lowest BCUT2D eigenvalue weighted by Gasteiger charge is -2.42. The molecule has 0 bridgehead atoms. The average Bonchev–Trinajstić information content (AvgIpc) is 3.76. The summed E-state index contributed by atoms with van der Waals surface area (Å²) in [5.74, 6) is 0.368. The van der Waals surface area contributed by atoms with Gasteiger partial charge < -0.3 is 4.90 Å². The Bertz CT molecular complexity index is 3320. The number of allylic oxidation sites excluding steroid dienone is 3. The molecule has 0 N–H and O–H groups in total. The Morgan fingerprint density at radius 1 is 0.485 bits per heavy atom. The standard InChI is InChI=1S/C66H59NS/c1-63(2,3)45-30-36-61-58(38-45)66(59-39-46(64(4,5)6)31-37-62(59)68-61)55-24-16-13-22-51(55)53-35-33-48(41-57(53)66)67(47-32-34-52-50-21-12-15-23-54(50)65(7,8)56(52)40-47)60-25-17-14-20-49(60)44-28-26-43(27-29-44)42-18-10-9-11-19-42/h9-33,35-41,52H,34H2,1-8H3. The molecule has 1 heterocycles. The molecule has 0 aromatic heterocycles. The van der Waals surface area contributed by atoms with Gasteiger partial charge in [-0.15, -0.1) is 0 Å². The summed E-state index contributed by atoms with van der Waals surface area (Å²) in [5, 5.41) is 0. The predicted octanol–water partition coefficient (Wildman–Crippen LogP) is 17.9. The maximum absolute atomic E-state index is 2.59. The van der Waals surface area contributed by atoms with Gasteiger partial charge in [-0.1, -0.05) is 230 Å². The number of hydrogen-bond acceptors (Lipinski definition) is 2. The molecule has 4 aliphatic rings. The molecule has 68 heavy (non-hydrogen) atoms. The van der Waals surface area contributed by atoms with Gasteiger partial charge in [0, 0.05) is 38.1 Å². The first-order chi connectivity index (χ1) is 32.7. The van der Waals surface area contributed by atoms with Gasteiger partial charge in [0.25, 0.3) is 0 Å². The molecule has 1 atom stereocenters. The largest absolute Gasteiger partial charge is 0.310 e. The highest BCUT2D eigenvalue weighted by Gasteiger charge is 2.51. The highest BCUT2D eigenvalue weighted by molar-refractivity contribution is 7.99. The third-order valence-corrected chi connectivity index (χ3v) is 16.8. The molecular weight excluding hydrogens is 839 g/mol. The van der Waals surface area contributed by atoms with Gasteiger partial charge in [0.15, 0.2) is 0 Å². The Morgan fingerprint density at radius 3 is 1.72 bits per heavy atom. The van der Waals surface area contributed by atoms with Crippen LogP contribution in [0.1, 0.15) is 112 Å². The van der Waals surface area contributed by atoms with Crippen molar-refractivity contribution in [2.45, 2.75) is 99.2 Å². The van der Waals surface area contributed by atoms with Crippen molar-refractivity contribution in [2.75, 3.05) is 4.90 Å². The summed E-state index contributed by atoms with van der Waals surface area (Å²) in [6.45, 7) is 19.0. The molecule has 8 aromatic carbocycles. The molecular formula is C66H59NS. The lowest BCUT2D eigenvalue weighted by molar-refractivity contribution is 0.581. The molecule has 1 unspecified atom stereocenters. The summed E-state index contributed by atoms with van der Waals surface area (Å²) < 4.78 is 0. The fourth-order valence-corrected chi connectivity index (χ4v) is 13.2. The summed E-state index contributed by atoms with van der Waals surface area (Å²) in [5.41, 5.74) is 23.0. The van der Waals surface area contributed by atoms with E-state index in [1.807, 2.05) is 11.8 Å². The molecule has 1 aliphatic heterocycles. The van der Waals surface area contributed by atoms with Gasteiger partial charge in [0.05, 0.1) is 11.1 Å². The van der Waals surface area contributed by atoms with Crippen LogP contribution in [0, 0.1) is 0 Å². The van der Waals surface area contributed by atoms with E-state index in [4.69, 9.17) is 0 Å². The van der Waals surface area contributed by atoms with Crippen molar-refractivity contribution in [2.24, 2.45) is 0 Å². The molecule has 334 valence electrons. The van der Waals surface area contributed by atoms with Gasteiger partial charge in [0.2, 0.25) is 0 Å². The van der Waals surface area contributed by atoms with Crippen molar-refractivity contribution in [3.63, 3.8) is 0 Å². The van der Waals surface area contributed by atoms with E-state index < -0.39 is 5.41 Å². The van der Waals surface area contributed by atoms with Crippen LogP contribution in [0.25, 0.3) is 33.4 Å². The van der Waals surface area contributed by atoms with Crippen molar-refractivity contribution in [3.05, 3.63) is 250 Å². The Morgan fingerprint density at radius 2 is 1.04 bits per heavy atom. The van der Waals surface area contributed by atoms with Crippen LogP contribution in [-0.4, -0.2) is 0 Å². The lowest BCUT2D eigenvalue weighted by atomic mass is 9.65. The first-order valence-electron chi connectivity index (χ1n) is 24.5. The number of para-hydroxylation sites is 1. The summed E-state index contributed by atoms with van der Waals surface area (Å²) in [7, 11) is 0. The molecule has 3 aliphatic carbocycles. The van der Waals surface area contributed by atoms with E-state index in [2.05, 4.69) is 254 Å². The zero-order chi connectivity index (χ0) is 46.7. The van der Waals surface area contributed by atoms with E-state index in [0.29, 0.717) is 5.92 Å². The van der Waals surface area contributed by atoms with E-state index in [0.717, 1.165) is 6.42 Å². The molecule has 0 radical (unpaired) electrons. The van der Waals surface area contributed by atoms with Gasteiger partial charge in [-0.25, -0.2) is 0 Å². The number of anilines is 2. The monoisotopic (exact) mass is 897 g/mol. The third-order valence-electron chi connectivity index (χ3n) is 15.7. The summed E-state index contributed by atoms with van der Waals surface area (Å²) >= 11 is 1.94. The Kier molecular flexibility index (Phi) is 9.71. The van der Waals surface area contributed by atoms with Crippen LogP contribution in [0.2, 0.25) is 0 Å². The van der Waals surface area contributed by atoms with Gasteiger partial charge in [-0.05, 0) is 126 Å². The van der Waals surface area contributed by atoms with Crippen molar-refractivity contribution in [1.82, 2.24) is 0 Å². The second kappa shape index (κ2) is 15.5. The zero-order valence-corrected chi connectivity index (χ0v) is 41.4. The minimum Gasteiger partial charge on any atom is -0.310 e. The molecule has 0 saturated heterocycles. The van der Waals surface area contributed by atoms with Crippen LogP contribution in [0.3, 0.4) is 0 Å². The minimum absolute atomic E-state index is 0.0243. The van der Waals surface area contributed by atoms with Crippen LogP contribution in [0.15, 0.2) is 215 Å². The van der Waals surface area contributed by atoms with Gasteiger partial charge in [-0.2, -0.15) is 0 Å². The molecule has 1 nitrogen and oxygen atoms in total. The second-order valence-corrected chi connectivity index (χ2v) is 23.2. The smallest absolute Gasteiger partial charge is 0.0736 e. The van der Waals surface area contributed by atoms with Crippen molar-refractivity contribution in [3.8, 4) is 33.4 Å². The van der Waals surface area contributed by atoms with Crippen molar-refractivity contribution in [1.29, 1.82) is 0 Å². The van der Waals surface area contributed by atoms with Crippen LogP contribution in [-0.2, 0) is 21.7 Å². The van der Waals surface area contributed by atoms with Gasteiger partial charge >= 0.3 is 0 Å². The van der Waals surface area contributed by atoms with E-state index >= 15 is 0 Å². The topological polar surface area (TPSA) is 3.24 Å². The van der Waals surface area contributed by atoms with Crippen LogP contribution in [0.5, 0.6) is 0 Å². The summed E-state index contributed by atoms with van der Waals surface area (Å²) in [6, 6.07) is 69.5. The van der Waals surface area contributed by atoms with Gasteiger partial charge in [-0.3, -0.25) is 0 Å². The van der Waals surface area contributed by atoms with Crippen LogP contribution < -0.4 is 4.90 Å². The zero-order valence-electron chi connectivity index (χ0n) is 40.6. The van der Waals surface area contributed by atoms with E-state index in [9.17, 15) is 0 Å². The van der Waals surface area contributed by atoms with E-state index in [-0.39, 0.29) is 16.2 Å². The molecule has 0 amide bonds. The number of nitrogens with zero attached hydrogens (tertiary/aromatic N) is 1.